The molecule has 0 saturated heterocycles. The van der Waals surface area contributed by atoms with Crippen LogP contribution < -0.4 is 15.7 Å². The third-order valence-electron chi connectivity index (χ3n) is 3.75. The fraction of sp³-hybridized carbons (Fsp3) is 0.200. The molecule has 2 N–H and O–H groups in total. The first-order valence-corrected chi connectivity index (χ1v) is 8.59. The maximum absolute atomic E-state index is 12.5. The van der Waals surface area contributed by atoms with Crippen molar-refractivity contribution in [3.63, 3.8) is 0 Å². The number of carboxylic acid groups (broad SMARTS) is 1. The smallest absolute Gasteiger partial charge is 0.338 e. The van der Waals surface area contributed by atoms with Gasteiger partial charge in [-0.05, 0) is 49.4 Å². The summed E-state index contributed by atoms with van der Waals surface area (Å²) in [6.45, 7) is 3.59. The Morgan fingerprint density at radius 3 is 2.14 bits per heavy atom. The molecule has 2 amide bonds. The van der Waals surface area contributed by atoms with Crippen molar-refractivity contribution in [2.45, 2.75) is 20.3 Å². The number of amides is 2. The highest BCUT2D eigenvalue weighted by atomic mass is 16.5. The standard InChI is InChI=1S/C20H20N2O6/c1-3-17(23)21-14-9-10-15(19(25)26)16(11-14)22-18(24)12-5-7-13(8-6-12)20(27)28-4-2/h5-11H,3-4H2,1-2H3,(H,21,23)(H,22,24)(H,25,26)/p-1. The first kappa shape index (κ1) is 20.6. The van der Waals surface area contributed by atoms with Gasteiger partial charge in [0.15, 0.2) is 0 Å². The number of esters is 1. The van der Waals surface area contributed by atoms with Gasteiger partial charge in [-0.15, -0.1) is 0 Å². The predicted octanol–water partition coefficient (Wildman–Crippen LogP) is 1.83. The first-order chi connectivity index (χ1) is 13.3. The number of hydrogen-bond acceptors (Lipinski definition) is 6. The zero-order chi connectivity index (χ0) is 20.7. The van der Waals surface area contributed by atoms with Gasteiger partial charge in [-0.25, -0.2) is 4.79 Å². The van der Waals surface area contributed by atoms with Crippen molar-refractivity contribution in [1.82, 2.24) is 0 Å². The topological polar surface area (TPSA) is 125 Å². The molecule has 0 radical (unpaired) electrons. The molecule has 2 aromatic carbocycles. The second kappa shape index (κ2) is 9.31. The molecule has 0 heterocycles. The number of carbonyl (C=O) groups excluding carboxylic acids is 4. The highest BCUT2D eigenvalue weighted by molar-refractivity contribution is 6.08. The van der Waals surface area contributed by atoms with Crippen LogP contribution in [0.4, 0.5) is 11.4 Å². The monoisotopic (exact) mass is 383 g/mol. The second-order valence-electron chi connectivity index (χ2n) is 5.70. The molecule has 0 aliphatic carbocycles. The average Bonchev–Trinajstić information content (AvgIpc) is 2.68. The lowest BCUT2D eigenvalue weighted by atomic mass is 10.1. The van der Waals surface area contributed by atoms with Crippen molar-refractivity contribution >= 4 is 35.1 Å². The van der Waals surface area contributed by atoms with Crippen molar-refractivity contribution in [3.8, 4) is 0 Å². The summed E-state index contributed by atoms with van der Waals surface area (Å²) in [5.74, 6) is -2.82. The molecule has 8 nitrogen and oxygen atoms in total. The van der Waals surface area contributed by atoms with Gasteiger partial charge in [0.1, 0.15) is 0 Å². The molecule has 0 saturated carbocycles. The lowest BCUT2D eigenvalue weighted by Crippen LogP contribution is -2.25. The van der Waals surface area contributed by atoms with Crippen molar-refractivity contribution < 1.29 is 29.0 Å². The highest BCUT2D eigenvalue weighted by Crippen LogP contribution is 2.22. The lowest BCUT2D eigenvalue weighted by molar-refractivity contribution is -0.254. The number of ether oxygens (including phenoxy) is 1. The summed E-state index contributed by atoms with van der Waals surface area (Å²) in [6.07, 6.45) is 0.247. The van der Waals surface area contributed by atoms with Gasteiger partial charge in [-0.1, -0.05) is 6.92 Å². The molecular weight excluding hydrogens is 364 g/mol. The van der Waals surface area contributed by atoms with Crippen molar-refractivity contribution in [1.29, 1.82) is 0 Å². The minimum absolute atomic E-state index is 0.0200. The van der Waals surface area contributed by atoms with E-state index >= 15 is 0 Å². The van der Waals surface area contributed by atoms with Crippen LogP contribution in [0.5, 0.6) is 0 Å². The maximum Gasteiger partial charge on any atom is 0.338 e. The normalized spacial score (nSPS) is 10.1. The van der Waals surface area contributed by atoms with Gasteiger partial charge < -0.3 is 25.3 Å². The molecule has 8 heteroatoms. The summed E-state index contributed by atoms with van der Waals surface area (Å²) in [7, 11) is 0. The Morgan fingerprint density at radius 1 is 0.929 bits per heavy atom. The molecule has 0 bridgehead atoms. The number of anilines is 2. The minimum atomic E-state index is -1.47. The molecule has 0 spiro atoms. The van der Waals surface area contributed by atoms with E-state index in [-0.39, 0.29) is 41.3 Å². The van der Waals surface area contributed by atoms with E-state index in [4.69, 9.17) is 4.74 Å². The summed E-state index contributed by atoms with van der Waals surface area (Å²) in [6, 6.07) is 9.69. The molecule has 28 heavy (non-hydrogen) atoms. The van der Waals surface area contributed by atoms with E-state index in [1.165, 1.54) is 42.5 Å². The van der Waals surface area contributed by atoms with Crippen molar-refractivity contribution in [2.75, 3.05) is 17.2 Å². The molecule has 0 aliphatic heterocycles. The first-order valence-electron chi connectivity index (χ1n) is 8.59. The molecule has 0 aromatic heterocycles. The number of hydrogen-bond donors (Lipinski definition) is 2. The van der Waals surface area contributed by atoms with Crippen LogP contribution in [0.3, 0.4) is 0 Å². The van der Waals surface area contributed by atoms with E-state index in [0.29, 0.717) is 5.69 Å². The van der Waals surface area contributed by atoms with Gasteiger partial charge in [0.05, 0.1) is 23.8 Å². The van der Waals surface area contributed by atoms with Crippen LogP contribution in [0.1, 0.15) is 51.3 Å². The van der Waals surface area contributed by atoms with Crippen LogP contribution in [0.15, 0.2) is 42.5 Å². The van der Waals surface area contributed by atoms with Gasteiger partial charge in [-0.2, -0.15) is 0 Å². The molecule has 0 fully saturated rings. The van der Waals surface area contributed by atoms with Crippen LogP contribution in [0, 0.1) is 0 Å². The Balaban J connectivity index is 2.24. The van der Waals surface area contributed by atoms with Crippen LogP contribution in [0.25, 0.3) is 0 Å². The fourth-order valence-electron chi connectivity index (χ4n) is 2.32. The Kier molecular flexibility index (Phi) is 6.86. The molecule has 2 aromatic rings. The van der Waals surface area contributed by atoms with Crippen LogP contribution in [-0.2, 0) is 9.53 Å². The van der Waals surface area contributed by atoms with E-state index in [0.717, 1.165) is 0 Å². The molecule has 0 unspecified atom stereocenters. The molecule has 0 atom stereocenters. The van der Waals surface area contributed by atoms with E-state index in [9.17, 15) is 24.3 Å². The quantitative estimate of drug-likeness (QED) is 0.703. The number of nitrogens with one attached hydrogen (secondary N) is 2. The number of benzene rings is 2. The zero-order valence-electron chi connectivity index (χ0n) is 15.4. The number of carboxylic acids is 1. The van der Waals surface area contributed by atoms with Crippen LogP contribution in [0.2, 0.25) is 0 Å². The largest absolute Gasteiger partial charge is 0.545 e. The van der Waals surface area contributed by atoms with Crippen LogP contribution >= 0.6 is 0 Å². The van der Waals surface area contributed by atoms with Gasteiger partial charge in [0.2, 0.25) is 5.91 Å². The zero-order valence-corrected chi connectivity index (χ0v) is 15.4. The molecule has 146 valence electrons. The Labute approximate surface area is 161 Å². The van der Waals surface area contributed by atoms with E-state index in [1.54, 1.807) is 13.8 Å². The Bertz CT molecular complexity index is 905. The Morgan fingerprint density at radius 2 is 1.57 bits per heavy atom. The third-order valence-corrected chi connectivity index (χ3v) is 3.75. The number of carbonyl (C=O) groups is 4. The SMILES string of the molecule is CCOC(=O)c1ccc(C(=O)Nc2cc(NC(=O)CC)ccc2C(=O)[O-])cc1. The molecular formula is C20H19N2O6-. The maximum atomic E-state index is 12.5. The third kappa shape index (κ3) is 5.16. The van der Waals surface area contributed by atoms with Gasteiger partial charge in [0.25, 0.3) is 5.91 Å². The summed E-state index contributed by atoms with van der Waals surface area (Å²) in [4.78, 5) is 46.9. The predicted molar refractivity (Wildman–Crippen MR) is 100 cm³/mol. The lowest BCUT2D eigenvalue weighted by Gasteiger charge is -2.14. The minimum Gasteiger partial charge on any atom is -0.545 e. The van der Waals surface area contributed by atoms with Gasteiger partial charge >= 0.3 is 5.97 Å². The van der Waals surface area contributed by atoms with E-state index in [2.05, 4.69) is 10.6 Å². The molecule has 2 rings (SSSR count). The van der Waals surface area contributed by atoms with Gasteiger partial charge in [0, 0.05) is 23.2 Å². The average molecular weight is 383 g/mol. The summed E-state index contributed by atoms with van der Waals surface area (Å²) < 4.78 is 4.87. The summed E-state index contributed by atoms with van der Waals surface area (Å²) >= 11 is 0. The summed E-state index contributed by atoms with van der Waals surface area (Å²) in [5, 5.41) is 16.4. The summed E-state index contributed by atoms with van der Waals surface area (Å²) in [5.41, 5.74) is 0.586. The van der Waals surface area contributed by atoms with Crippen molar-refractivity contribution in [2.24, 2.45) is 0 Å². The number of aromatic carboxylic acids is 1. The van der Waals surface area contributed by atoms with Gasteiger partial charge in [-0.3, -0.25) is 9.59 Å². The second-order valence-corrected chi connectivity index (χ2v) is 5.70. The number of rotatable bonds is 7. The van der Waals surface area contributed by atoms with Crippen molar-refractivity contribution in [3.05, 3.63) is 59.2 Å². The Hall–Kier alpha value is -3.68. The fourth-order valence-corrected chi connectivity index (χ4v) is 2.32. The van der Waals surface area contributed by atoms with E-state index in [1.807, 2.05) is 0 Å². The van der Waals surface area contributed by atoms with Crippen LogP contribution in [-0.4, -0.2) is 30.4 Å². The molecule has 0 aliphatic rings. The van der Waals surface area contributed by atoms with E-state index < -0.39 is 17.8 Å². The highest BCUT2D eigenvalue weighted by Gasteiger charge is 2.13.